The molecular weight excluding hydrogens is 434 g/mol. The first-order valence-corrected chi connectivity index (χ1v) is 9.89. The van der Waals surface area contributed by atoms with Crippen LogP contribution in [0.5, 0.6) is 0 Å². The minimum absolute atomic E-state index is 0. The normalized spacial score (nSPS) is 23.5. The number of hydrogen-bond donors (Lipinski definition) is 2. The highest BCUT2D eigenvalue weighted by Gasteiger charge is 2.37. The molecule has 30 heavy (non-hydrogen) atoms. The number of nitrogens with zero attached hydrogens (tertiary/aromatic N) is 1. The van der Waals surface area contributed by atoms with Gasteiger partial charge in [0.25, 0.3) is 0 Å². The molecule has 2 aromatic carbocycles. The average molecular weight is 462 g/mol. The van der Waals surface area contributed by atoms with Gasteiger partial charge in [-0.3, -0.25) is 0 Å². The van der Waals surface area contributed by atoms with Gasteiger partial charge >= 0.3 is 6.18 Å². The van der Waals surface area contributed by atoms with E-state index in [4.69, 9.17) is 5.73 Å². The average Bonchev–Trinajstić information content (AvgIpc) is 3.33. The maximum atomic E-state index is 12.9. The molecule has 0 radical (unpaired) electrons. The molecule has 1 saturated heterocycles. The molecule has 3 N–H and O–H groups in total. The molecule has 166 valence electrons. The van der Waals surface area contributed by atoms with Crippen LogP contribution >= 0.6 is 24.8 Å². The van der Waals surface area contributed by atoms with Crippen molar-refractivity contribution >= 4 is 24.8 Å². The van der Waals surface area contributed by atoms with Crippen molar-refractivity contribution in [2.24, 2.45) is 5.73 Å². The Bertz CT molecular complexity index is 814. The lowest BCUT2D eigenvalue weighted by Crippen LogP contribution is -2.33. The topological polar surface area (TPSA) is 41.3 Å². The molecule has 3 atom stereocenters. The van der Waals surface area contributed by atoms with Crippen LogP contribution in [0.1, 0.15) is 29.9 Å². The molecule has 2 unspecified atom stereocenters. The van der Waals surface area contributed by atoms with E-state index in [0.717, 1.165) is 50.7 Å². The summed E-state index contributed by atoms with van der Waals surface area (Å²) in [4.78, 5) is 2.40. The quantitative estimate of drug-likeness (QED) is 0.655. The van der Waals surface area contributed by atoms with Gasteiger partial charge in [0.05, 0.1) is 5.56 Å². The van der Waals surface area contributed by atoms with Crippen LogP contribution in [-0.4, -0.2) is 43.2 Å². The van der Waals surface area contributed by atoms with Crippen molar-refractivity contribution in [3.8, 4) is 11.1 Å². The van der Waals surface area contributed by atoms with Crippen LogP contribution in [-0.2, 0) is 6.18 Å². The summed E-state index contributed by atoms with van der Waals surface area (Å²) in [6, 6.07) is 14.2. The summed E-state index contributed by atoms with van der Waals surface area (Å²) in [5.74, 6) is 0.497. The number of rotatable bonds is 6. The standard InChI is InChI=1S/C22H26F3N3.2ClH/c23-22(24,25)18-3-1-2-17(12-18)15-4-6-16(7-5-15)20-13-21(20)27-9-11-28-10-8-19(26)14-28;;/h1-7,12,19-21,27H,8-11,13-14,26H2;2*1H/t19-,20?,21?;;/m1../s1. The van der Waals surface area contributed by atoms with E-state index in [2.05, 4.69) is 10.2 Å². The first kappa shape index (κ1) is 25.0. The minimum atomic E-state index is -4.32. The van der Waals surface area contributed by atoms with E-state index >= 15 is 0 Å². The fourth-order valence-corrected chi connectivity index (χ4v) is 4.06. The molecule has 0 amide bonds. The van der Waals surface area contributed by atoms with E-state index in [-0.39, 0.29) is 24.8 Å². The van der Waals surface area contributed by atoms with E-state index in [1.807, 2.05) is 24.3 Å². The van der Waals surface area contributed by atoms with Crippen LogP contribution in [0.3, 0.4) is 0 Å². The summed E-state index contributed by atoms with van der Waals surface area (Å²) in [7, 11) is 0. The molecule has 0 aromatic heterocycles. The van der Waals surface area contributed by atoms with E-state index in [0.29, 0.717) is 23.6 Å². The number of benzene rings is 2. The van der Waals surface area contributed by atoms with E-state index in [1.54, 1.807) is 6.07 Å². The molecule has 1 aliphatic heterocycles. The van der Waals surface area contributed by atoms with E-state index in [9.17, 15) is 13.2 Å². The van der Waals surface area contributed by atoms with Crippen LogP contribution in [0.4, 0.5) is 13.2 Å². The Morgan fingerprint density at radius 1 is 1.03 bits per heavy atom. The second-order valence-corrected chi connectivity index (χ2v) is 7.95. The monoisotopic (exact) mass is 461 g/mol. The molecule has 2 aliphatic rings. The Kier molecular flexibility index (Phi) is 8.60. The molecule has 2 aromatic rings. The van der Waals surface area contributed by atoms with Crippen LogP contribution in [0, 0.1) is 0 Å². The van der Waals surface area contributed by atoms with E-state index < -0.39 is 11.7 Å². The highest BCUT2D eigenvalue weighted by molar-refractivity contribution is 5.85. The second kappa shape index (κ2) is 10.3. The number of halogens is 5. The molecular formula is C22H28Cl2F3N3. The molecule has 0 bridgehead atoms. The van der Waals surface area contributed by atoms with Crippen molar-refractivity contribution in [1.29, 1.82) is 0 Å². The predicted molar refractivity (Wildman–Crippen MR) is 120 cm³/mol. The van der Waals surface area contributed by atoms with Gasteiger partial charge in [-0.25, -0.2) is 0 Å². The molecule has 2 fully saturated rings. The highest BCUT2D eigenvalue weighted by atomic mass is 35.5. The lowest BCUT2D eigenvalue weighted by Gasteiger charge is -2.15. The van der Waals surface area contributed by atoms with Crippen LogP contribution < -0.4 is 11.1 Å². The van der Waals surface area contributed by atoms with Crippen LogP contribution in [0.15, 0.2) is 48.5 Å². The number of alkyl halides is 3. The van der Waals surface area contributed by atoms with Gasteiger partial charge in [-0.2, -0.15) is 13.2 Å². The summed E-state index contributed by atoms with van der Waals surface area (Å²) in [6.07, 6.45) is -2.12. The molecule has 8 heteroatoms. The summed E-state index contributed by atoms with van der Waals surface area (Å²) >= 11 is 0. The van der Waals surface area contributed by atoms with Crippen molar-refractivity contribution in [3.63, 3.8) is 0 Å². The van der Waals surface area contributed by atoms with Crippen molar-refractivity contribution in [2.45, 2.75) is 37.0 Å². The third-order valence-corrected chi connectivity index (χ3v) is 5.80. The molecule has 1 aliphatic carbocycles. The zero-order valence-electron chi connectivity index (χ0n) is 16.6. The van der Waals surface area contributed by atoms with Gasteiger partial charge < -0.3 is 16.0 Å². The van der Waals surface area contributed by atoms with Gasteiger partial charge in [0.15, 0.2) is 0 Å². The Labute approximate surface area is 188 Å². The summed E-state index contributed by atoms with van der Waals surface area (Å²) in [5, 5.41) is 3.61. The fraction of sp³-hybridized carbons (Fsp3) is 0.455. The van der Waals surface area contributed by atoms with Crippen molar-refractivity contribution in [1.82, 2.24) is 10.2 Å². The number of nitrogens with one attached hydrogen (secondary N) is 1. The largest absolute Gasteiger partial charge is 0.416 e. The smallest absolute Gasteiger partial charge is 0.326 e. The summed E-state index contributed by atoms with van der Waals surface area (Å²) < 4.78 is 38.7. The van der Waals surface area contributed by atoms with Crippen molar-refractivity contribution in [2.75, 3.05) is 26.2 Å². The van der Waals surface area contributed by atoms with Gasteiger partial charge in [-0.05, 0) is 48.2 Å². The van der Waals surface area contributed by atoms with Gasteiger partial charge in [0.1, 0.15) is 0 Å². The Hall–Kier alpha value is -1.31. The Balaban J connectivity index is 0.00000160. The minimum Gasteiger partial charge on any atom is -0.326 e. The number of likely N-dealkylation sites (tertiary alicyclic amines) is 1. The van der Waals surface area contributed by atoms with Crippen molar-refractivity contribution < 1.29 is 13.2 Å². The molecule has 1 heterocycles. The maximum absolute atomic E-state index is 12.9. The van der Waals surface area contributed by atoms with Crippen LogP contribution in [0.25, 0.3) is 11.1 Å². The number of hydrogen-bond acceptors (Lipinski definition) is 3. The van der Waals surface area contributed by atoms with Gasteiger partial charge in [0.2, 0.25) is 0 Å². The fourth-order valence-electron chi connectivity index (χ4n) is 4.06. The second-order valence-electron chi connectivity index (χ2n) is 7.95. The highest BCUT2D eigenvalue weighted by Crippen LogP contribution is 2.41. The van der Waals surface area contributed by atoms with Crippen molar-refractivity contribution in [3.05, 3.63) is 59.7 Å². The zero-order chi connectivity index (χ0) is 19.7. The summed E-state index contributed by atoms with van der Waals surface area (Å²) in [6.45, 7) is 4.09. The molecule has 3 nitrogen and oxygen atoms in total. The van der Waals surface area contributed by atoms with Crippen LogP contribution in [0.2, 0.25) is 0 Å². The SMILES string of the molecule is Cl.Cl.N[C@@H]1CCN(CCNC2CC2c2ccc(-c3cccc(C(F)(F)F)c3)cc2)C1. The first-order valence-electron chi connectivity index (χ1n) is 9.89. The van der Waals surface area contributed by atoms with Gasteiger partial charge in [0, 0.05) is 37.6 Å². The molecule has 0 spiro atoms. The third kappa shape index (κ3) is 6.11. The third-order valence-electron chi connectivity index (χ3n) is 5.80. The predicted octanol–water partition coefficient (Wildman–Crippen LogP) is 4.69. The molecule has 1 saturated carbocycles. The lowest BCUT2D eigenvalue weighted by molar-refractivity contribution is -0.137. The Morgan fingerprint density at radius 3 is 2.40 bits per heavy atom. The first-order chi connectivity index (χ1) is 13.4. The Morgan fingerprint density at radius 2 is 1.77 bits per heavy atom. The van der Waals surface area contributed by atoms with Gasteiger partial charge in [-0.15, -0.1) is 24.8 Å². The summed E-state index contributed by atoms with van der Waals surface area (Å²) in [5.41, 5.74) is 7.97. The number of nitrogens with two attached hydrogens (primary N) is 1. The van der Waals surface area contributed by atoms with Gasteiger partial charge in [-0.1, -0.05) is 36.4 Å². The van der Waals surface area contributed by atoms with E-state index in [1.165, 1.54) is 17.7 Å². The maximum Gasteiger partial charge on any atom is 0.416 e. The zero-order valence-corrected chi connectivity index (χ0v) is 18.2. The lowest BCUT2D eigenvalue weighted by atomic mass is 10.0. The molecule has 4 rings (SSSR count).